The Hall–Kier alpha value is -2.67. The van der Waals surface area contributed by atoms with Crippen molar-refractivity contribution in [1.82, 2.24) is 9.55 Å². The fourth-order valence-corrected chi connectivity index (χ4v) is 2.40. The number of carboxylic acid groups (broad SMARTS) is 1. The first-order valence-corrected chi connectivity index (χ1v) is 7.77. The normalized spacial score (nSPS) is 11.2. The molecular formula is C17H17ClN2O5. The van der Waals surface area contributed by atoms with E-state index in [-0.39, 0.29) is 5.15 Å². The number of nitrogens with zero attached hydrogens (tertiary/aromatic N) is 2. The van der Waals surface area contributed by atoms with Gasteiger partial charge in [-0.15, -0.1) is 0 Å². The smallest absolute Gasteiger partial charge is 0.341 e. The van der Waals surface area contributed by atoms with Crippen LogP contribution in [0.2, 0.25) is 5.15 Å². The van der Waals surface area contributed by atoms with Crippen LogP contribution >= 0.6 is 11.6 Å². The van der Waals surface area contributed by atoms with Crippen molar-refractivity contribution in [2.45, 2.75) is 32.9 Å². The summed E-state index contributed by atoms with van der Waals surface area (Å²) in [5.74, 6) is -2.05. The molecule has 0 spiro atoms. The van der Waals surface area contributed by atoms with Crippen LogP contribution in [0.4, 0.5) is 0 Å². The molecule has 0 unspecified atom stereocenters. The Balaban J connectivity index is 2.53. The van der Waals surface area contributed by atoms with Crippen LogP contribution in [0.25, 0.3) is 11.1 Å². The van der Waals surface area contributed by atoms with E-state index >= 15 is 0 Å². The van der Waals surface area contributed by atoms with Crippen LogP contribution in [0, 0.1) is 0 Å². The molecule has 8 heteroatoms. The zero-order chi connectivity index (χ0) is 18.8. The highest BCUT2D eigenvalue weighted by Crippen LogP contribution is 2.25. The fraction of sp³-hybridized carbons (Fsp3) is 0.294. The standard InChI is InChI=1S/C17H17ClN2O5/c1-17(2,3)25-13(21)9-20-8-10(7-12(15(20)22)16(23)24)11-5-4-6-19-14(11)18/h4-8H,9H2,1-3H3,(H,23,24). The maximum Gasteiger partial charge on any atom is 0.341 e. The highest BCUT2D eigenvalue weighted by atomic mass is 35.5. The van der Waals surface area contributed by atoms with Crippen molar-refractivity contribution >= 4 is 23.5 Å². The molecule has 0 fully saturated rings. The van der Waals surface area contributed by atoms with Crippen molar-refractivity contribution in [2.24, 2.45) is 0 Å². The second-order valence-electron chi connectivity index (χ2n) is 6.31. The number of halogens is 1. The zero-order valence-electron chi connectivity index (χ0n) is 13.9. The van der Waals surface area contributed by atoms with Gasteiger partial charge in [0.05, 0.1) is 0 Å². The molecule has 2 rings (SSSR count). The van der Waals surface area contributed by atoms with E-state index in [2.05, 4.69) is 4.98 Å². The number of carbonyl (C=O) groups is 2. The molecule has 0 aromatic carbocycles. The van der Waals surface area contributed by atoms with Crippen LogP contribution in [-0.4, -0.2) is 32.2 Å². The molecule has 0 aliphatic carbocycles. The third kappa shape index (κ3) is 4.67. The lowest BCUT2D eigenvalue weighted by Gasteiger charge is -2.20. The van der Waals surface area contributed by atoms with Crippen molar-refractivity contribution in [3.8, 4) is 11.1 Å². The SMILES string of the molecule is CC(C)(C)OC(=O)Cn1cc(-c2cccnc2Cl)cc(C(=O)O)c1=O. The Labute approximate surface area is 148 Å². The van der Waals surface area contributed by atoms with Gasteiger partial charge in [0.1, 0.15) is 22.9 Å². The van der Waals surface area contributed by atoms with Crippen molar-refractivity contribution in [2.75, 3.05) is 0 Å². The number of rotatable bonds is 4. The van der Waals surface area contributed by atoms with Crippen molar-refractivity contribution in [1.29, 1.82) is 0 Å². The average molecular weight is 365 g/mol. The van der Waals surface area contributed by atoms with Gasteiger partial charge in [-0.2, -0.15) is 0 Å². The third-order valence-corrected chi connectivity index (χ3v) is 3.41. The van der Waals surface area contributed by atoms with Crippen molar-refractivity contribution in [3.63, 3.8) is 0 Å². The number of esters is 1. The van der Waals surface area contributed by atoms with E-state index in [0.29, 0.717) is 11.1 Å². The summed E-state index contributed by atoms with van der Waals surface area (Å²) < 4.78 is 6.18. The van der Waals surface area contributed by atoms with Crippen LogP contribution in [0.3, 0.4) is 0 Å². The molecule has 2 aromatic rings. The summed E-state index contributed by atoms with van der Waals surface area (Å²) in [6.07, 6.45) is 2.85. The van der Waals surface area contributed by atoms with E-state index in [4.69, 9.17) is 16.3 Å². The molecule has 25 heavy (non-hydrogen) atoms. The molecule has 0 aliphatic rings. The predicted molar refractivity (Wildman–Crippen MR) is 91.7 cm³/mol. The highest BCUT2D eigenvalue weighted by molar-refractivity contribution is 6.32. The first-order valence-electron chi connectivity index (χ1n) is 7.39. The molecule has 0 bridgehead atoms. The van der Waals surface area contributed by atoms with E-state index < -0.39 is 35.2 Å². The lowest BCUT2D eigenvalue weighted by Crippen LogP contribution is -2.32. The molecular weight excluding hydrogens is 348 g/mol. The molecule has 132 valence electrons. The van der Waals surface area contributed by atoms with Gasteiger partial charge in [0.2, 0.25) is 0 Å². The summed E-state index contributed by atoms with van der Waals surface area (Å²) in [5, 5.41) is 9.43. The van der Waals surface area contributed by atoms with Gasteiger partial charge >= 0.3 is 11.9 Å². The quantitative estimate of drug-likeness (QED) is 0.661. The average Bonchev–Trinajstić information content (AvgIpc) is 2.47. The Morgan fingerprint density at radius 1 is 1.36 bits per heavy atom. The summed E-state index contributed by atoms with van der Waals surface area (Å²) in [6, 6.07) is 4.47. The monoisotopic (exact) mass is 364 g/mol. The summed E-state index contributed by atoms with van der Waals surface area (Å²) in [5.41, 5.74) is -1.19. The molecule has 0 saturated heterocycles. The summed E-state index contributed by atoms with van der Waals surface area (Å²) in [7, 11) is 0. The maximum atomic E-state index is 12.3. The van der Waals surface area contributed by atoms with Crippen LogP contribution < -0.4 is 5.56 Å². The molecule has 0 saturated carbocycles. The lowest BCUT2D eigenvalue weighted by atomic mass is 10.1. The highest BCUT2D eigenvalue weighted by Gasteiger charge is 2.20. The second-order valence-corrected chi connectivity index (χ2v) is 6.67. The summed E-state index contributed by atoms with van der Waals surface area (Å²) in [6.45, 7) is 4.68. The topological polar surface area (TPSA) is 98.5 Å². The molecule has 2 aromatic heterocycles. The minimum absolute atomic E-state index is 0.154. The molecule has 0 atom stereocenters. The van der Waals surface area contributed by atoms with Gasteiger partial charge in [0, 0.05) is 23.5 Å². The van der Waals surface area contributed by atoms with Crippen LogP contribution in [0.5, 0.6) is 0 Å². The van der Waals surface area contributed by atoms with Gasteiger partial charge < -0.3 is 14.4 Å². The van der Waals surface area contributed by atoms with E-state index in [1.54, 1.807) is 32.9 Å². The number of pyridine rings is 2. The number of hydrogen-bond donors (Lipinski definition) is 1. The fourth-order valence-electron chi connectivity index (χ4n) is 2.17. The van der Waals surface area contributed by atoms with Crippen molar-refractivity contribution in [3.05, 3.63) is 51.7 Å². The van der Waals surface area contributed by atoms with Crippen LogP contribution in [-0.2, 0) is 16.1 Å². The Morgan fingerprint density at radius 2 is 2.04 bits per heavy atom. The number of aromatic carboxylic acids is 1. The van der Waals surface area contributed by atoms with Gasteiger partial charge in [0.15, 0.2) is 0 Å². The second kappa shape index (κ2) is 7.06. The molecule has 0 aliphatic heterocycles. The van der Waals surface area contributed by atoms with Crippen LogP contribution in [0.1, 0.15) is 31.1 Å². The molecule has 7 nitrogen and oxygen atoms in total. The minimum atomic E-state index is -1.40. The van der Waals surface area contributed by atoms with Crippen LogP contribution in [0.15, 0.2) is 35.4 Å². The van der Waals surface area contributed by atoms with Gasteiger partial charge in [0.25, 0.3) is 5.56 Å². The minimum Gasteiger partial charge on any atom is -0.477 e. The van der Waals surface area contributed by atoms with E-state index in [1.165, 1.54) is 18.5 Å². The van der Waals surface area contributed by atoms with Gasteiger partial charge in [-0.25, -0.2) is 9.78 Å². The number of carboxylic acids is 1. The number of ether oxygens (including phenoxy) is 1. The zero-order valence-corrected chi connectivity index (χ0v) is 14.7. The Kier molecular flexibility index (Phi) is 5.27. The number of carbonyl (C=O) groups excluding carboxylic acids is 1. The summed E-state index contributed by atoms with van der Waals surface area (Å²) in [4.78, 5) is 39.6. The Bertz CT molecular complexity index is 883. The molecule has 0 amide bonds. The van der Waals surface area contributed by atoms with Gasteiger partial charge in [-0.05, 0) is 39.0 Å². The molecule has 0 radical (unpaired) electrons. The number of hydrogen-bond acceptors (Lipinski definition) is 5. The van der Waals surface area contributed by atoms with E-state index in [1.807, 2.05) is 0 Å². The molecule has 1 N–H and O–H groups in total. The first-order chi connectivity index (χ1) is 11.6. The Morgan fingerprint density at radius 3 is 2.60 bits per heavy atom. The predicted octanol–water partition coefficient (Wildman–Crippen LogP) is 2.60. The van der Waals surface area contributed by atoms with Gasteiger partial charge in [-0.1, -0.05) is 11.6 Å². The largest absolute Gasteiger partial charge is 0.477 e. The summed E-state index contributed by atoms with van der Waals surface area (Å²) >= 11 is 6.04. The first kappa shape index (κ1) is 18.7. The molecule has 2 heterocycles. The third-order valence-electron chi connectivity index (χ3n) is 3.11. The van der Waals surface area contributed by atoms with Crippen molar-refractivity contribution < 1.29 is 19.4 Å². The number of aromatic nitrogens is 2. The van der Waals surface area contributed by atoms with Gasteiger partial charge in [-0.3, -0.25) is 9.59 Å². The van der Waals surface area contributed by atoms with E-state index in [9.17, 15) is 19.5 Å². The maximum absolute atomic E-state index is 12.3. The lowest BCUT2D eigenvalue weighted by molar-refractivity contribution is -0.155. The van der Waals surface area contributed by atoms with E-state index in [0.717, 1.165) is 4.57 Å².